The van der Waals surface area contributed by atoms with Crippen molar-refractivity contribution in [2.75, 3.05) is 0 Å². The lowest BCUT2D eigenvalue weighted by Gasteiger charge is -2.28. The highest BCUT2D eigenvalue weighted by atomic mass is 16.6. The summed E-state index contributed by atoms with van der Waals surface area (Å²) in [6, 6.07) is 6.48. The number of hydrogen-bond donors (Lipinski definition) is 0. The quantitative estimate of drug-likeness (QED) is 0.246. The maximum atomic E-state index is 13.7. The van der Waals surface area contributed by atoms with Crippen LogP contribution >= 0.6 is 0 Å². The van der Waals surface area contributed by atoms with Gasteiger partial charge >= 0.3 is 12.2 Å². The Balaban J connectivity index is 1.98. The fourth-order valence-electron chi connectivity index (χ4n) is 3.76. The van der Waals surface area contributed by atoms with E-state index in [4.69, 9.17) is 16.0 Å². The summed E-state index contributed by atoms with van der Waals surface area (Å²) >= 11 is 0. The number of hydrogen-bond acceptors (Lipinski definition) is 8. The van der Waals surface area contributed by atoms with Gasteiger partial charge in [0.1, 0.15) is 16.9 Å². The molecule has 0 atom stereocenters. The van der Waals surface area contributed by atoms with Crippen LogP contribution in [0.5, 0.6) is 0 Å². The number of carbonyl (C=O) groups excluding carboxylic acids is 3. The molecule has 11 nitrogen and oxygen atoms in total. The lowest BCUT2D eigenvalue weighted by molar-refractivity contribution is -0.000294. The molecule has 0 aliphatic carbocycles. The second-order valence-corrected chi connectivity index (χ2v) is 12.9. The van der Waals surface area contributed by atoms with E-state index < -0.39 is 23.4 Å². The highest BCUT2D eigenvalue weighted by molar-refractivity contribution is 6.12. The molecule has 222 valence electrons. The zero-order valence-corrected chi connectivity index (χ0v) is 25.9. The number of aromatic nitrogens is 4. The van der Waals surface area contributed by atoms with Crippen LogP contribution in [0.25, 0.3) is 16.2 Å². The smallest absolute Gasteiger partial charge is 0.420 e. The molecule has 2 heterocycles. The summed E-state index contributed by atoms with van der Waals surface area (Å²) in [6.45, 7) is 23.5. The van der Waals surface area contributed by atoms with Crippen molar-refractivity contribution < 1.29 is 23.9 Å². The predicted molar refractivity (Wildman–Crippen MR) is 157 cm³/mol. The Labute approximate surface area is 246 Å². The minimum absolute atomic E-state index is 0.197. The third-order valence-electron chi connectivity index (χ3n) is 5.77. The Bertz CT molecular complexity index is 1500. The number of amides is 2. The zero-order chi connectivity index (χ0) is 31.6. The number of nitrogens with zero attached hydrogens (tertiary/aromatic N) is 6. The van der Waals surface area contributed by atoms with Crippen LogP contribution in [0.4, 0.5) is 15.3 Å². The molecule has 0 radical (unpaired) electrons. The highest BCUT2D eigenvalue weighted by Gasteiger charge is 2.32. The summed E-state index contributed by atoms with van der Waals surface area (Å²) < 4.78 is 12.4. The van der Waals surface area contributed by atoms with Crippen LogP contribution in [0.1, 0.15) is 89.6 Å². The number of ether oxygens (including phenoxy) is 2. The first-order chi connectivity index (χ1) is 19.3. The molecule has 1 aromatic carbocycles. The summed E-state index contributed by atoms with van der Waals surface area (Å²) in [7, 11) is 1.70. The van der Waals surface area contributed by atoms with Gasteiger partial charge in [0.05, 0.1) is 18.8 Å². The summed E-state index contributed by atoms with van der Waals surface area (Å²) in [5.74, 6) is -0.0902. The molecular formula is C31H38N6O5. The first-order valence-electron chi connectivity index (χ1n) is 13.4. The summed E-state index contributed by atoms with van der Waals surface area (Å²) in [5, 5.41) is 4.51. The fourth-order valence-corrected chi connectivity index (χ4v) is 3.76. The number of benzene rings is 1. The molecule has 3 rings (SSSR count). The van der Waals surface area contributed by atoms with Gasteiger partial charge in [0.15, 0.2) is 11.5 Å². The van der Waals surface area contributed by atoms with Crippen molar-refractivity contribution in [2.45, 2.75) is 85.5 Å². The van der Waals surface area contributed by atoms with Crippen molar-refractivity contribution in [1.29, 1.82) is 0 Å². The Hall–Kier alpha value is -4.59. The second-order valence-electron chi connectivity index (χ2n) is 12.9. The molecule has 0 N–H and O–H groups in total. The average Bonchev–Trinajstić information content (AvgIpc) is 3.27. The third kappa shape index (κ3) is 8.00. The standard InChI is InChI=1S/C31H38N6O5/c1-29(2,3)24-15-23(36(11)35-24)25(38)22-14-20(32-10)12-13-21(22)26-33-16-19(17-34-26)18-37(27(39)41-30(4,5)6)28(40)42-31(7,8)9/h12-17H,18H2,1-9,11H3. The van der Waals surface area contributed by atoms with Crippen molar-refractivity contribution >= 4 is 23.7 Å². The van der Waals surface area contributed by atoms with E-state index in [1.54, 1.807) is 66.8 Å². The molecule has 0 fully saturated rings. The molecule has 0 aliphatic rings. The third-order valence-corrected chi connectivity index (χ3v) is 5.77. The van der Waals surface area contributed by atoms with Crippen molar-refractivity contribution in [3.8, 4) is 11.4 Å². The van der Waals surface area contributed by atoms with Crippen LogP contribution in [0.2, 0.25) is 0 Å². The Kier molecular flexibility index (Phi) is 8.91. The maximum absolute atomic E-state index is 13.7. The molecule has 0 saturated carbocycles. The normalized spacial score (nSPS) is 11.9. The summed E-state index contributed by atoms with van der Waals surface area (Å²) in [5.41, 5.74) is 0.603. The van der Waals surface area contributed by atoms with Gasteiger partial charge in [0.2, 0.25) is 5.78 Å². The number of carbonyl (C=O) groups is 3. The monoisotopic (exact) mass is 574 g/mol. The number of aryl methyl sites for hydroxylation is 1. The topological polar surface area (TPSA) is 121 Å². The molecule has 3 aromatic rings. The lowest BCUT2D eigenvalue weighted by atomic mass is 9.91. The number of rotatable bonds is 5. The van der Waals surface area contributed by atoms with E-state index in [0.29, 0.717) is 22.5 Å². The van der Waals surface area contributed by atoms with E-state index in [0.717, 1.165) is 10.6 Å². The Morgan fingerprint density at radius 1 is 0.905 bits per heavy atom. The molecule has 42 heavy (non-hydrogen) atoms. The van der Waals surface area contributed by atoms with Crippen LogP contribution in [0.3, 0.4) is 0 Å². The van der Waals surface area contributed by atoms with Crippen molar-refractivity contribution in [1.82, 2.24) is 24.6 Å². The van der Waals surface area contributed by atoms with E-state index in [1.807, 2.05) is 20.8 Å². The van der Waals surface area contributed by atoms with Gasteiger partial charge in [-0.1, -0.05) is 32.9 Å². The lowest BCUT2D eigenvalue weighted by Crippen LogP contribution is -2.43. The van der Waals surface area contributed by atoms with Gasteiger partial charge in [0.25, 0.3) is 0 Å². The molecule has 0 spiro atoms. The molecule has 11 heteroatoms. The zero-order valence-electron chi connectivity index (χ0n) is 25.9. The molecule has 2 amide bonds. The van der Waals surface area contributed by atoms with Gasteiger partial charge in [-0.25, -0.2) is 29.3 Å². The average molecular weight is 575 g/mol. The van der Waals surface area contributed by atoms with Crippen molar-refractivity contribution in [2.24, 2.45) is 7.05 Å². The molecule has 0 saturated heterocycles. The molecule has 0 unspecified atom stereocenters. The first kappa shape index (κ1) is 31.9. The van der Waals surface area contributed by atoms with Crippen molar-refractivity contribution in [3.63, 3.8) is 0 Å². The summed E-state index contributed by atoms with van der Waals surface area (Å²) in [4.78, 5) is 52.7. The highest BCUT2D eigenvalue weighted by Crippen LogP contribution is 2.29. The van der Waals surface area contributed by atoms with Gasteiger partial charge in [-0.3, -0.25) is 9.48 Å². The number of ketones is 1. The molecule has 2 aromatic heterocycles. The van der Waals surface area contributed by atoms with Gasteiger partial charge in [-0.2, -0.15) is 5.10 Å². The minimum Gasteiger partial charge on any atom is -0.443 e. The van der Waals surface area contributed by atoms with Gasteiger partial charge in [-0.15, -0.1) is 0 Å². The maximum Gasteiger partial charge on any atom is 0.420 e. The van der Waals surface area contributed by atoms with Crippen LogP contribution < -0.4 is 0 Å². The first-order valence-corrected chi connectivity index (χ1v) is 13.4. The molecule has 0 bridgehead atoms. The largest absolute Gasteiger partial charge is 0.443 e. The van der Waals surface area contributed by atoms with E-state index >= 15 is 0 Å². The van der Waals surface area contributed by atoms with Crippen LogP contribution in [-0.2, 0) is 28.5 Å². The van der Waals surface area contributed by atoms with Crippen LogP contribution in [0.15, 0.2) is 36.7 Å². The fraction of sp³-hybridized carbons (Fsp3) is 0.452. The molecule has 0 aliphatic heterocycles. The van der Waals surface area contributed by atoms with Crippen molar-refractivity contribution in [3.05, 3.63) is 70.6 Å². The second kappa shape index (κ2) is 11.7. The van der Waals surface area contributed by atoms with Crippen LogP contribution in [-0.4, -0.2) is 53.8 Å². The Morgan fingerprint density at radius 3 is 1.90 bits per heavy atom. The SMILES string of the molecule is [C-]#[N+]c1ccc(-c2ncc(CN(C(=O)OC(C)(C)C)C(=O)OC(C)(C)C)cn2)c(C(=O)c2cc(C(C)(C)C)nn2C)c1. The minimum atomic E-state index is -0.866. The van der Waals surface area contributed by atoms with Gasteiger partial charge in [0, 0.05) is 41.5 Å². The van der Waals surface area contributed by atoms with Gasteiger partial charge in [-0.05, 0) is 53.7 Å². The van der Waals surface area contributed by atoms with Gasteiger partial charge < -0.3 is 9.47 Å². The van der Waals surface area contributed by atoms with Crippen LogP contribution in [0, 0.1) is 6.57 Å². The summed E-state index contributed by atoms with van der Waals surface area (Å²) in [6.07, 6.45) is 1.19. The molecular weight excluding hydrogens is 536 g/mol. The van der Waals surface area contributed by atoms with E-state index in [9.17, 15) is 14.4 Å². The number of imide groups is 1. The van der Waals surface area contributed by atoms with E-state index in [2.05, 4.69) is 19.9 Å². The van der Waals surface area contributed by atoms with E-state index in [1.165, 1.54) is 23.1 Å². The Morgan fingerprint density at radius 2 is 1.45 bits per heavy atom. The van der Waals surface area contributed by atoms with E-state index in [-0.39, 0.29) is 29.1 Å². The predicted octanol–water partition coefficient (Wildman–Crippen LogP) is 6.63.